The average Bonchev–Trinajstić information content (AvgIpc) is 2.47. The van der Waals surface area contributed by atoms with Crippen LogP contribution in [0.25, 0.3) is 10.9 Å². The van der Waals surface area contributed by atoms with Crippen LogP contribution in [0, 0.1) is 0 Å². The molecule has 0 amide bonds. The van der Waals surface area contributed by atoms with Gasteiger partial charge in [-0.3, -0.25) is 4.98 Å². The molecule has 0 aliphatic heterocycles. The van der Waals surface area contributed by atoms with E-state index in [4.69, 9.17) is 16.3 Å². The van der Waals surface area contributed by atoms with Crippen molar-refractivity contribution in [1.82, 2.24) is 15.0 Å². The molecule has 0 bridgehead atoms. The topological polar surface area (TPSA) is 47.9 Å². The van der Waals surface area contributed by atoms with Crippen LogP contribution in [0.2, 0.25) is 5.15 Å². The Balaban J connectivity index is 2.03. The highest BCUT2D eigenvalue weighted by atomic mass is 35.5. The fourth-order valence-electron chi connectivity index (χ4n) is 2.00. The third kappa shape index (κ3) is 2.95. The van der Waals surface area contributed by atoms with Gasteiger partial charge in [0.25, 0.3) is 0 Å². The highest BCUT2D eigenvalue weighted by Crippen LogP contribution is 2.29. The zero-order chi connectivity index (χ0) is 14.8. The Morgan fingerprint density at radius 2 is 1.95 bits per heavy atom. The summed E-state index contributed by atoms with van der Waals surface area (Å²) < 4.78 is 5.89. The minimum Gasteiger partial charge on any atom is -0.438 e. The Hall–Kier alpha value is -2.20. The molecule has 4 nitrogen and oxygen atoms in total. The molecule has 0 saturated carbocycles. The highest BCUT2D eigenvalue weighted by Gasteiger charge is 2.10. The molecule has 106 valence electrons. The van der Waals surface area contributed by atoms with Crippen LogP contribution in [0.4, 0.5) is 0 Å². The minimum atomic E-state index is 0.181. The van der Waals surface area contributed by atoms with Crippen molar-refractivity contribution in [2.45, 2.75) is 19.8 Å². The maximum atomic E-state index is 6.04. The van der Waals surface area contributed by atoms with Gasteiger partial charge in [-0.25, -0.2) is 4.98 Å². The Bertz CT molecular complexity index is 784. The van der Waals surface area contributed by atoms with Gasteiger partial charge in [0.05, 0.1) is 5.52 Å². The quantitative estimate of drug-likeness (QED) is 0.663. The van der Waals surface area contributed by atoms with Gasteiger partial charge in [0.1, 0.15) is 16.7 Å². The lowest BCUT2D eigenvalue weighted by molar-refractivity contribution is 0.462. The summed E-state index contributed by atoms with van der Waals surface area (Å²) in [6, 6.07) is 11.2. The Morgan fingerprint density at radius 1 is 1.10 bits per heavy atom. The number of hydrogen-bond acceptors (Lipinski definition) is 4. The van der Waals surface area contributed by atoms with Crippen LogP contribution in [-0.2, 0) is 0 Å². The molecule has 2 aromatic heterocycles. The van der Waals surface area contributed by atoms with E-state index in [9.17, 15) is 0 Å². The molecule has 0 spiro atoms. The molecule has 5 heteroatoms. The summed E-state index contributed by atoms with van der Waals surface area (Å²) >= 11 is 6.04. The van der Waals surface area contributed by atoms with Crippen LogP contribution in [-0.4, -0.2) is 15.0 Å². The lowest BCUT2D eigenvalue weighted by Gasteiger charge is -2.10. The molecule has 0 aliphatic carbocycles. The summed E-state index contributed by atoms with van der Waals surface area (Å²) in [6.07, 6.45) is 1.75. The van der Waals surface area contributed by atoms with Crippen molar-refractivity contribution in [2.75, 3.05) is 0 Å². The number of nitrogens with zero attached hydrogens (tertiary/aromatic N) is 3. The summed E-state index contributed by atoms with van der Waals surface area (Å²) in [7, 11) is 0. The van der Waals surface area contributed by atoms with Crippen LogP contribution in [0.15, 0.2) is 42.6 Å². The number of fused-ring (bicyclic) bond motifs is 1. The lowest BCUT2D eigenvalue weighted by Crippen LogP contribution is -2.00. The van der Waals surface area contributed by atoms with Crippen LogP contribution in [0.3, 0.4) is 0 Å². The molecular weight excluding hydrogens is 286 g/mol. The summed E-state index contributed by atoms with van der Waals surface area (Å²) in [5.74, 6) is 1.98. The number of pyridine rings is 1. The summed E-state index contributed by atoms with van der Waals surface area (Å²) in [6.45, 7) is 4.02. The number of halogens is 1. The van der Waals surface area contributed by atoms with Gasteiger partial charge in [-0.05, 0) is 24.3 Å². The van der Waals surface area contributed by atoms with Crippen molar-refractivity contribution in [1.29, 1.82) is 0 Å². The zero-order valence-electron chi connectivity index (χ0n) is 11.7. The van der Waals surface area contributed by atoms with Crippen molar-refractivity contribution < 1.29 is 4.74 Å². The van der Waals surface area contributed by atoms with Gasteiger partial charge in [-0.15, -0.1) is 0 Å². The second-order valence-corrected chi connectivity index (χ2v) is 5.36. The second kappa shape index (κ2) is 5.66. The normalized spacial score (nSPS) is 11.0. The maximum absolute atomic E-state index is 6.04. The SMILES string of the molecule is CC(C)c1nc(Cl)cc(Oc2cccc3ncccc23)n1. The molecule has 21 heavy (non-hydrogen) atoms. The van der Waals surface area contributed by atoms with Crippen molar-refractivity contribution in [3.63, 3.8) is 0 Å². The van der Waals surface area contributed by atoms with E-state index in [1.807, 2.05) is 44.2 Å². The number of hydrogen-bond donors (Lipinski definition) is 0. The molecular formula is C16H14ClN3O. The first-order valence-electron chi connectivity index (χ1n) is 6.69. The lowest BCUT2D eigenvalue weighted by atomic mass is 10.2. The highest BCUT2D eigenvalue weighted by molar-refractivity contribution is 6.29. The zero-order valence-corrected chi connectivity index (χ0v) is 12.5. The van der Waals surface area contributed by atoms with Crippen molar-refractivity contribution in [3.05, 3.63) is 53.6 Å². The van der Waals surface area contributed by atoms with E-state index in [0.29, 0.717) is 22.6 Å². The van der Waals surface area contributed by atoms with Gasteiger partial charge in [0.2, 0.25) is 5.88 Å². The predicted octanol–water partition coefficient (Wildman–Crippen LogP) is 4.59. The molecule has 0 saturated heterocycles. The molecule has 0 radical (unpaired) electrons. The van der Waals surface area contributed by atoms with E-state index < -0.39 is 0 Å². The van der Waals surface area contributed by atoms with Crippen molar-refractivity contribution >= 4 is 22.5 Å². The third-order valence-corrected chi connectivity index (χ3v) is 3.22. The van der Waals surface area contributed by atoms with E-state index in [0.717, 1.165) is 10.9 Å². The molecule has 0 atom stereocenters. The number of aromatic nitrogens is 3. The summed E-state index contributed by atoms with van der Waals surface area (Å²) in [5.41, 5.74) is 0.874. The Morgan fingerprint density at radius 3 is 2.76 bits per heavy atom. The van der Waals surface area contributed by atoms with Gasteiger partial charge in [0, 0.05) is 23.6 Å². The molecule has 2 heterocycles. The van der Waals surface area contributed by atoms with E-state index >= 15 is 0 Å². The van der Waals surface area contributed by atoms with E-state index in [1.165, 1.54) is 0 Å². The van der Waals surface area contributed by atoms with Gasteiger partial charge in [-0.1, -0.05) is 31.5 Å². The van der Waals surface area contributed by atoms with Gasteiger partial charge >= 0.3 is 0 Å². The van der Waals surface area contributed by atoms with E-state index in [1.54, 1.807) is 12.3 Å². The first-order valence-corrected chi connectivity index (χ1v) is 7.07. The fourth-order valence-corrected chi connectivity index (χ4v) is 2.18. The molecule has 0 aliphatic rings. The maximum Gasteiger partial charge on any atom is 0.224 e. The van der Waals surface area contributed by atoms with Gasteiger partial charge in [-0.2, -0.15) is 4.98 Å². The first kappa shape index (κ1) is 13.8. The predicted molar refractivity (Wildman–Crippen MR) is 82.9 cm³/mol. The fraction of sp³-hybridized carbons (Fsp3) is 0.188. The number of benzene rings is 1. The molecule has 3 rings (SSSR count). The summed E-state index contributed by atoms with van der Waals surface area (Å²) in [5, 5.41) is 1.31. The monoisotopic (exact) mass is 299 g/mol. The first-order chi connectivity index (χ1) is 10.1. The molecule has 3 aromatic rings. The minimum absolute atomic E-state index is 0.181. The molecule has 0 fully saturated rings. The summed E-state index contributed by atoms with van der Waals surface area (Å²) in [4.78, 5) is 12.9. The van der Waals surface area contributed by atoms with Crippen molar-refractivity contribution in [3.8, 4) is 11.6 Å². The largest absolute Gasteiger partial charge is 0.438 e. The molecule has 0 unspecified atom stereocenters. The Kier molecular flexibility index (Phi) is 3.71. The standard InChI is InChI=1S/C16H14ClN3O/c1-10(2)16-19-14(17)9-15(20-16)21-13-7-3-6-12-11(13)5-4-8-18-12/h3-10H,1-2H3. The Labute approximate surface area is 127 Å². The van der Waals surface area contributed by atoms with Crippen LogP contribution < -0.4 is 4.74 Å². The van der Waals surface area contributed by atoms with Crippen LogP contribution in [0.1, 0.15) is 25.6 Å². The molecule has 1 aromatic carbocycles. The van der Waals surface area contributed by atoms with Crippen LogP contribution in [0.5, 0.6) is 11.6 Å². The van der Waals surface area contributed by atoms with Crippen molar-refractivity contribution in [2.24, 2.45) is 0 Å². The van der Waals surface area contributed by atoms with E-state index in [-0.39, 0.29) is 5.92 Å². The number of ether oxygens (including phenoxy) is 1. The van der Waals surface area contributed by atoms with Gasteiger partial charge < -0.3 is 4.74 Å². The second-order valence-electron chi connectivity index (χ2n) is 4.97. The van der Waals surface area contributed by atoms with Crippen LogP contribution >= 0.6 is 11.6 Å². The third-order valence-electron chi connectivity index (χ3n) is 3.03. The average molecular weight is 300 g/mol. The van der Waals surface area contributed by atoms with E-state index in [2.05, 4.69) is 15.0 Å². The molecule has 0 N–H and O–H groups in total. The van der Waals surface area contributed by atoms with Gasteiger partial charge in [0.15, 0.2) is 0 Å². The smallest absolute Gasteiger partial charge is 0.224 e. The number of rotatable bonds is 3.